The molecule has 1 aliphatic carbocycles. The lowest BCUT2D eigenvalue weighted by Gasteiger charge is -2.35. The van der Waals surface area contributed by atoms with Gasteiger partial charge in [0.25, 0.3) is 0 Å². The summed E-state index contributed by atoms with van der Waals surface area (Å²) >= 11 is 0. The maximum absolute atomic E-state index is 5.32. The van der Waals surface area contributed by atoms with E-state index < -0.39 is 0 Å². The predicted molar refractivity (Wildman–Crippen MR) is 74.0 cm³/mol. The second kappa shape index (κ2) is 6.00. The Hall–Kier alpha value is -1.36. The zero-order valence-electron chi connectivity index (χ0n) is 11.2. The van der Waals surface area contributed by atoms with Crippen LogP contribution in [0.3, 0.4) is 0 Å². The molecular formula is C13H23N5. The summed E-state index contributed by atoms with van der Waals surface area (Å²) in [6, 6.07) is 2.41. The highest BCUT2D eigenvalue weighted by atomic mass is 15.3. The van der Waals surface area contributed by atoms with Crippen molar-refractivity contribution < 1.29 is 0 Å². The van der Waals surface area contributed by atoms with Crippen molar-refractivity contribution in [2.45, 2.75) is 45.6 Å². The first kappa shape index (κ1) is 13.1. The van der Waals surface area contributed by atoms with Crippen LogP contribution in [0.5, 0.6) is 0 Å². The van der Waals surface area contributed by atoms with Crippen molar-refractivity contribution in [3.8, 4) is 0 Å². The van der Waals surface area contributed by atoms with Gasteiger partial charge in [-0.05, 0) is 30.7 Å². The minimum atomic E-state index is 0.455. The molecule has 2 atom stereocenters. The number of aromatic nitrogens is 2. The van der Waals surface area contributed by atoms with Crippen molar-refractivity contribution >= 4 is 11.8 Å². The molecule has 0 aromatic carbocycles. The first-order chi connectivity index (χ1) is 8.70. The fraction of sp³-hybridized carbons (Fsp3) is 0.692. The Morgan fingerprint density at radius 3 is 2.83 bits per heavy atom. The maximum atomic E-state index is 5.32. The van der Waals surface area contributed by atoms with Crippen LogP contribution < -0.4 is 16.6 Å². The van der Waals surface area contributed by atoms with Gasteiger partial charge in [-0.3, -0.25) is 5.43 Å². The standard InChI is InChI=1S/C13H23N5/c1-9(2)10-5-3-4-6-11(10)16-12-7-8-15-13(17-12)18-14/h7-11H,3-6,14H2,1-2H3,(H2,15,16,17,18). The second-order valence-corrected chi connectivity index (χ2v) is 5.35. The van der Waals surface area contributed by atoms with Crippen LogP contribution in [0.1, 0.15) is 39.5 Å². The van der Waals surface area contributed by atoms with E-state index in [1.54, 1.807) is 6.20 Å². The third-order valence-electron chi connectivity index (χ3n) is 3.79. The Morgan fingerprint density at radius 1 is 1.33 bits per heavy atom. The molecule has 0 aliphatic heterocycles. The molecule has 0 saturated heterocycles. The van der Waals surface area contributed by atoms with Gasteiger partial charge >= 0.3 is 0 Å². The van der Waals surface area contributed by atoms with Gasteiger partial charge in [-0.1, -0.05) is 26.7 Å². The highest BCUT2D eigenvalue weighted by Crippen LogP contribution is 2.31. The lowest BCUT2D eigenvalue weighted by molar-refractivity contribution is 0.253. The number of hydrazine groups is 1. The molecule has 5 heteroatoms. The first-order valence-corrected chi connectivity index (χ1v) is 6.77. The van der Waals surface area contributed by atoms with Gasteiger partial charge in [0.15, 0.2) is 0 Å². The third kappa shape index (κ3) is 3.10. The lowest BCUT2D eigenvalue weighted by atomic mass is 9.78. The summed E-state index contributed by atoms with van der Waals surface area (Å²) in [4.78, 5) is 8.34. The van der Waals surface area contributed by atoms with Crippen LogP contribution in [0.2, 0.25) is 0 Å². The van der Waals surface area contributed by atoms with E-state index in [4.69, 9.17) is 5.84 Å². The molecule has 1 heterocycles. The molecule has 2 rings (SSSR count). The number of nitrogens with two attached hydrogens (primary N) is 1. The van der Waals surface area contributed by atoms with Crippen molar-refractivity contribution in [3.63, 3.8) is 0 Å². The largest absolute Gasteiger partial charge is 0.367 e. The van der Waals surface area contributed by atoms with Gasteiger partial charge in [-0.2, -0.15) is 4.98 Å². The lowest BCUT2D eigenvalue weighted by Crippen LogP contribution is -2.35. The van der Waals surface area contributed by atoms with Gasteiger partial charge in [0.05, 0.1) is 0 Å². The molecular weight excluding hydrogens is 226 g/mol. The summed E-state index contributed by atoms with van der Waals surface area (Å²) in [5.74, 6) is 8.07. The molecule has 18 heavy (non-hydrogen) atoms. The minimum Gasteiger partial charge on any atom is -0.367 e. The quantitative estimate of drug-likeness (QED) is 0.564. The molecule has 1 aliphatic rings. The molecule has 1 saturated carbocycles. The maximum Gasteiger partial charge on any atom is 0.239 e. The number of hydrogen-bond acceptors (Lipinski definition) is 5. The fourth-order valence-electron chi connectivity index (χ4n) is 2.84. The number of nitrogens with one attached hydrogen (secondary N) is 2. The molecule has 100 valence electrons. The zero-order chi connectivity index (χ0) is 13.0. The molecule has 1 aromatic heterocycles. The van der Waals surface area contributed by atoms with Gasteiger partial charge < -0.3 is 5.32 Å². The van der Waals surface area contributed by atoms with E-state index in [0.717, 1.165) is 11.7 Å². The predicted octanol–water partition coefficient (Wildman–Crippen LogP) is 2.39. The van der Waals surface area contributed by atoms with E-state index in [9.17, 15) is 0 Å². The summed E-state index contributed by atoms with van der Waals surface area (Å²) in [5, 5.41) is 3.54. The van der Waals surface area contributed by atoms with E-state index in [-0.39, 0.29) is 0 Å². The smallest absolute Gasteiger partial charge is 0.239 e. The molecule has 0 radical (unpaired) electrons. The highest BCUT2D eigenvalue weighted by molar-refractivity contribution is 5.40. The number of nitrogens with zero attached hydrogens (tertiary/aromatic N) is 2. The Kier molecular flexibility index (Phi) is 4.36. The Balaban J connectivity index is 2.05. The van der Waals surface area contributed by atoms with Gasteiger partial charge in [0, 0.05) is 12.2 Å². The molecule has 5 nitrogen and oxygen atoms in total. The van der Waals surface area contributed by atoms with Crippen molar-refractivity contribution in [3.05, 3.63) is 12.3 Å². The second-order valence-electron chi connectivity index (χ2n) is 5.35. The summed E-state index contributed by atoms with van der Waals surface area (Å²) in [6.45, 7) is 4.61. The van der Waals surface area contributed by atoms with E-state index in [2.05, 4.69) is 34.6 Å². The minimum absolute atomic E-state index is 0.455. The van der Waals surface area contributed by atoms with Gasteiger partial charge in [-0.15, -0.1) is 0 Å². The summed E-state index contributed by atoms with van der Waals surface area (Å²) in [7, 11) is 0. The average molecular weight is 249 g/mol. The van der Waals surface area contributed by atoms with E-state index in [1.165, 1.54) is 25.7 Å². The number of anilines is 2. The Labute approximate surface area is 109 Å². The van der Waals surface area contributed by atoms with E-state index in [1.807, 2.05) is 6.07 Å². The van der Waals surface area contributed by atoms with Crippen LogP contribution in [0.4, 0.5) is 11.8 Å². The molecule has 1 aromatic rings. The Morgan fingerprint density at radius 2 is 2.11 bits per heavy atom. The molecule has 0 spiro atoms. The van der Waals surface area contributed by atoms with Crippen molar-refractivity contribution in [2.24, 2.45) is 17.7 Å². The monoisotopic (exact) mass is 249 g/mol. The van der Waals surface area contributed by atoms with Crippen LogP contribution in [0.25, 0.3) is 0 Å². The topological polar surface area (TPSA) is 75.9 Å². The Bertz CT molecular complexity index is 379. The van der Waals surface area contributed by atoms with E-state index in [0.29, 0.717) is 17.9 Å². The van der Waals surface area contributed by atoms with Crippen molar-refractivity contribution in [1.29, 1.82) is 0 Å². The third-order valence-corrected chi connectivity index (χ3v) is 3.79. The van der Waals surface area contributed by atoms with Gasteiger partial charge in [0.2, 0.25) is 5.95 Å². The number of nitrogen functional groups attached to an aromatic ring is 1. The van der Waals surface area contributed by atoms with E-state index >= 15 is 0 Å². The average Bonchev–Trinajstić information content (AvgIpc) is 2.39. The molecule has 4 N–H and O–H groups in total. The van der Waals surface area contributed by atoms with Gasteiger partial charge in [0.1, 0.15) is 5.82 Å². The SMILES string of the molecule is CC(C)C1CCCCC1Nc1ccnc(NN)n1. The van der Waals surface area contributed by atoms with Crippen LogP contribution in [-0.2, 0) is 0 Å². The molecule has 0 bridgehead atoms. The van der Waals surface area contributed by atoms with Crippen molar-refractivity contribution in [1.82, 2.24) is 9.97 Å². The highest BCUT2D eigenvalue weighted by Gasteiger charge is 2.27. The fourth-order valence-corrected chi connectivity index (χ4v) is 2.84. The molecule has 2 unspecified atom stereocenters. The van der Waals surface area contributed by atoms with Crippen LogP contribution >= 0.6 is 0 Å². The number of hydrogen-bond donors (Lipinski definition) is 3. The van der Waals surface area contributed by atoms with Gasteiger partial charge in [-0.25, -0.2) is 10.8 Å². The number of rotatable bonds is 4. The summed E-state index contributed by atoms with van der Waals surface area (Å²) in [5.41, 5.74) is 2.48. The summed E-state index contributed by atoms with van der Waals surface area (Å²) in [6.07, 6.45) is 6.90. The summed E-state index contributed by atoms with van der Waals surface area (Å²) < 4.78 is 0. The van der Waals surface area contributed by atoms with Crippen LogP contribution in [-0.4, -0.2) is 16.0 Å². The first-order valence-electron chi connectivity index (χ1n) is 6.77. The zero-order valence-corrected chi connectivity index (χ0v) is 11.2. The normalized spacial score (nSPS) is 24.0. The molecule has 1 fully saturated rings. The van der Waals surface area contributed by atoms with Crippen LogP contribution in [0, 0.1) is 11.8 Å². The van der Waals surface area contributed by atoms with Crippen molar-refractivity contribution in [2.75, 3.05) is 10.7 Å². The molecule has 0 amide bonds. The van der Waals surface area contributed by atoms with Crippen LogP contribution in [0.15, 0.2) is 12.3 Å².